The Morgan fingerprint density at radius 1 is 1.33 bits per heavy atom. The molecule has 0 aliphatic rings. The molecule has 0 amide bonds. The zero-order valence-electron chi connectivity index (χ0n) is 9.48. The van der Waals surface area contributed by atoms with Crippen LogP contribution in [0.5, 0.6) is 0 Å². The fourth-order valence-electron chi connectivity index (χ4n) is 1.67. The Labute approximate surface area is 119 Å². The summed E-state index contributed by atoms with van der Waals surface area (Å²) >= 11 is 9.47. The summed E-state index contributed by atoms with van der Waals surface area (Å²) < 4.78 is 0.878. The average Bonchev–Trinajstić information content (AvgIpc) is 2.37. The summed E-state index contributed by atoms with van der Waals surface area (Å²) in [6, 6.07) is 9.09. The number of nitrogens with one attached hydrogen (secondary N) is 1. The van der Waals surface area contributed by atoms with Gasteiger partial charge >= 0.3 is 0 Å². The van der Waals surface area contributed by atoms with Gasteiger partial charge in [-0.25, -0.2) is 0 Å². The van der Waals surface area contributed by atoms with Crippen LogP contribution in [0.3, 0.4) is 0 Å². The Hall–Kier alpha value is -1.10. The molecule has 1 aromatic carbocycles. The quantitative estimate of drug-likeness (QED) is 0.901. The highest BCUT2D eigenvalue weighted by atomic mass is 79.9. The van der Waals surface area contributed by atoms with E-state index in [1.54, 1.807) is 18.5 Å². The predicted octanol–water partition coefficient (Wildman–Crippen LogP) is 3.64. The zero-order chi connectivity index (χ0) is 13.0. The maximum atomic E-state index is 9.48. The van der Waals surface area contributed by atoms with Crippen LogP contribution in [0.25, 0.3) is 0 Å². The van der Waals surface area contributed by atoms with Gasteiger partial charge in [0.2, 0.25) is 0 Å². The minimum absolute atomic E-state index is 0.0454. The van der Waals surface area contributed by atoms with E-state index in [9.17, 15) is 5.11 Å². The maximum Gasteiger partial charge on any atom is 0.0759 e. The van der Waals surface area contributed by atoms with Crippen LogP contribution < -0.4 is 5.32 Å². The Bertz CT molecular complexity index is 536. The topological polar surface area (TPSA) is 45.1 Å². The smallest absolute Gasteiger partial charge is 0.0759 e. The number of aliphatic hydroxyl groups excluding tert-OH is 1. The van der Waals surface area contributed by atoms with Crippen molar-refractivity contribution >= 4 is 33.2 Å². The molecule has 3 nitrogen and oxygen atoms in total. The summed E-state index contributed by atoms with van der Waals surface area (Å²) in [4.78, 5) is 4.06. The van der Waals surface area contributed by atoms with E-state index < -0.39 is 0 Å². The van der Waals surface area contributed by atoms with Gasteiger partial charge in [0.1, 0.15) is 0 Å². The third-order valence-corrected chi connectivity index (χ3v) is 3.29. The molecule has 0 saturated heterocycles. The number of rotatable bonds is 4. The number of anilines is 1. The molecule has 0 bridgehead atoms. The largest absolute Gasteiger partial charge is 0.394 e. The average molecular weight is 328 g/mol. The van der Waals surface area contributed by atoms with Gasteiger partial charge in [-0.2, -0.15) is 0 Å². The second kappa shape index (κ2) is 6.18. The molecule has 1 aromatic heterocycles. The van der Waals surface area contributed by atoms with Gasteiger partial charge in [-0.15, -0.1) is 0 Å². The number of hydrogen-bond acceptors (Lipinski definition) is 3. The monoisotopic (exact) mass is 326 g/mol. The van der Waals surface area contributed by atoms with E-state index in [0.29, 0.717) is 5.02 Å². The molecule has 0 fully saturated rings. The van der Waals surface area contributed by atoms with Crippen LogP contribution in [-0.2, 0) is 0 Å². The minimum atomic E-state index is -0.255. The highest BCUT2D eigenvalue weighted by molar-refractivity contribution is 9.10. The molecule has 0 aliphatic carbocycles. The summed E-state index contributed by atoms with van der Waals surface area (Å²) in [6.45, 7) is -0.0454. The Morgan fingerprint density at radius 3 is 2.78 bits per heavy atom. The molecule has 2 rings (SSSR count). The third kappa shape index (κ3) is 3.22. The van der Waals surface area contributed by atoms with E-state index in [0.717, 1.165) is 15.7 Å². The lowest BCUT2D eigenvalue weighted by Crippen LogP contribution is -2.15. The molecule has 0 unspecified atom stereocenters. The van der Waals surface area contributed by atoms with Gasteiger partial charge in [0, 0.05) is 15.7 Å². The van der Waals surface area contributed by atoms with Crippen molar-refractivity contribution in [1.82, 2.24) is 4.98 Å². The van der Waals surface area contributed by atoms with Crippen molar-refractivity contribution in [1.29, 1.82) is 0 Å². The molecule has 0 saturated carbocycles. The van der Waals surface area contributed by atoms with Gasteiger partial charge in [0.25, 0.3) is 0 Å². The molecule has 1 atom stereocenters. The van der Waals surface area contributed by atoms with Crippen LogP contribution in [0.4, 0.5) is 5.69 Å². The van der Waals surface area contributed by atoms with Crippen LogP contribution in [0.2, 0.25) is 5.02 Å². The van der Waals surface area contributed by atoms with E-state index in [2.05, 4.69) is 26.2 Å². The molecule has 1 heterocycles. The number of aromatic nitrogens is 1. The first-order chi connectivity index (χ1) is 8.70. The van der Waals surface area contributed by atoms with Gasteiger partial charge in [-0.05, 0) is 33.6 Å². The first-order valence-corrected chi connectivity index (χ1v) is 6.60. The van der Waals surface area contributed by atoms with Gasteiger partial charge in [-0.1, -0.05) is 29.8 Å². The van der Waals surface area contributed by atoms with Crippen LogP contribution >= 0.6 is 27.5 Å². The van der Waals surface area contributed by atoms with Crippen LogP contribution in [0, 0.1) is 0 Å². The number of nitrogens with zero attached hydrogens (tertiary/aromatic N) is 1. The lowest BCUT2D eigenvalue weighted by atomic mass is 10.1. The van der Waals surface area contributed by atoms with Crippen molar-refractivity contribution in [2.45, 2.75) is 6.04 Å². The third-order valence-electron chi connectivity index (χ3n) is 2.51. The minimum Gasteiger partial charge on any atom is -0.394 e. The van der Waals surface area contributed by atoms with Crippen molar-refractivity contribution in [2.24, 2.45) is 0 Å². The van der Waals surface area contributed by atoms with E-state index >= 15 is 0 Å². The van der Waals surface area contributed by atoms with Gasteiger partial charge in [0.05, 0.1) is 24.5 Å². The van der Waals surface area contributed by atoms with Crippen LogP contribution in [0.15, 0.2) is 47.2 Å². The molecule has 0 spiro atoms. The molecule has 5 heteroatoms. The van der Waals surface area contributed by atoms with E-state index in [-0.39, 0.29) is 12.6 Å². The van der Waals surface area contributed by atoms with E-state index in [4.69, 9.17) is 11.6 Å². The number of halogens is 2. The fourth-order valence-corrected chi connectivity index (χ4v) is 2.30. The lowest BCUT2D eigenvalue weighted by Gasteiger charge is -2.19. The van der Waals surface area contributed by atoms with Crippen molar-refractivity contribution in [3.8, 4) is 0 Å². The first kappa shape index (κ1) is 13.3. The summed E-state index contributed by atoms with van der Waals surface area (Å²) in [7, 11) is 0. The highest BCUT2D eigenvalue weighted by Gasteiger charge is 2.13. The molecule has 18 heavy (non-hydrogen) atoms. The number of benzene rings is 1. The first-order valence-electron chi connectivity index (χ1n) is 5.43. The number of hydrogen-bond donors (Lipinski definition) is 2. The molecular formula is C13H12BrClN2O. The predicted molar refractivity (Wildman–Crippen MR) is 76.8 cm³/mol. The second-order valence-electron chi connectivity index (χ2n) is 3.79. The number of pyridine rings is 1. The Balaban J connectivity index is 2.23. The molecular weight excluding hydrogens is 316 g/mol. The van der Waals surface area contributed by atoms with Gasteiger partial charge in [-0.3, -0.25) is 4.98 Å². The second-order valence-corrected chi connectivity index (χ2v) is 5.12. The molecule has 94 valence electrons. The highest BCUT2D eigenvalue weighted by Crippen LogP contribution is 2.26. The van der Waals surface area contributed by atoms with Crippen LogP contribution in [-0.4, -0.2) is 16.7 Å². The fraction of sp³-hybridized carbons (Fsp3) is 0.154. The SMILES string of the molecule is OC[C@H](Nc1cncc(Br)c1)c1ccccc1Cl. The molecule has 2 N–H and O–H groups in total. The van der Waals surface area contributed by atoms with Gasteiger partial charge in [0.15, 0.2) is 0 Å². The van der Waals surface area contributed by atoms with Crippen molar-refractivity contribution in [2.75, 3.05) is 11.9 Å². The van der Waals surface area contributed by atoms with Crippen molar-refractivity contribution < 1.29 is 5.11 Å². The van der Waals surface area contributed by atoms with Crippen molar-refractivity contribution in [3.63, 3.8) is 0 Å². The molecule has 0 radical (unpaired) electrons. The Morgan fingerprint density at radius 2 is 2.11 bits per heavy atom. The van der Waals surface area contributed by atoms with Crippen LogP contribution in [0.1, 0.15) is 11.6 Å². The summed E-state index contributed by atoms with van der Waals surface area (Å²) in [5.74, 6) is 0. The molecule has 2 aromatic rings. The van der Waals surface area contributed by atoms with Gasteiger partial charge < -0.3 is 10.4 Å². The summed E-state index contributed by atoms with van der Waals surface area (Å²) in [5.41, 5.74) is 1.69. The lowest BCUT2D eigenvalue weighted by molar-refractivity contribution is 0.276. The summed E-state index contributed by atoms with van der Waals surface area (Å²) in [6.07, 6.45) is 3.40. The van der Waals surface area contributed by atoms with Crippen molar-refractivity contribution in [3.05, 3.63) is 57.8 Å². The zero-order valence-corrected chi connectivity index (χ0v) is 11.8. The maximum absolute atomic E-state index is 9.48. The molecule has 0 aliphatic heterocycles. The standard InChI is InChI=1S/C13H12BrClN2O/c14-9-5-10(7-16-6-9)17-13(8-18)11-3-1-2-4-12(11)15/h1-7,13,17-18H,8H2/t13-/m0/s1. The normalized spacial score (nSPS) is 12.2. The summed E-state index contributed by atoms with van der Waals surface area (Å²) in [5, 5.41) is 13.3. The van der Waals surface area contributed by atoms with E-state index in [1.165, 1.54) is 0 Å². The Kier molecular flexibility index (Phi) is 4.58. The van der Waals surface area contributed by atoms with E-state index in [1.807, 2.05) is 24.3 Å². The number of aliphatic hydroxyl groups is 1.